The van der Waals surface area contributed by atoms with Crippen LogP contribution in [0.1, 0.15) is 105 Å². The van der Waals surface area contributed by atoms with Crippen LogP contribution in [0.25, 0.3) is 0 Å². The lowest BCUT2D eigenvalue weighted by Gasteiger charge is -2.40. The molecule has 0 aromatic carbocycles. The van der Waals surface area contributed by atoms with Crippen LogP contribution in [0.2, 0.25) is 0 Å². The zero-order chi connectivity index (χ0) is 18.5. The molecule has 0 amide bonds. The SMILES string of the molecule is CC(CCCC1(C)CCCC1CCN)[C@H](O)CC1CCCCC1(C)C. The molecule has 0 bridgehead atoms. The fourth-order valence-corrected chi connectivity index (χ4v) is 5.88. The van der Waals surface area contributed by atoms with Crippen molar-refractivity contribution >= 4 is 0 Å². The second kappa shape index (κ2) is 9.22. The van der Waals surface area contributed by atoms with E-state index >= 15 is 0 Å². The average Bonchev–Trinajstić information content (AvgIpc) is 2.90. The summed E-state index contributed by atoms with van der Waals surface area (Å²) < 4.78 is 0. The van der Waals surface area contributed by atoms with Gasteiger partial charge in [0.25, 0.3) is 0 Å². The van der Waals surface area contributed by atoms with Crippen LogP contribution < -0.4 is 5.73 Å². The molecule has 0 aliphatic heterocycles. The molecule has 2 aliphatic rings. The van der Waals surface area contributed by atoms with E-state index in [2.05, 4.69) is 27.7 Å². The molecule has 2 aliphatic carbocycles. The number of aliphatic hydroxyl groups excluding tert-OH is 1. The lowest BCUT2D eigenvalue weighted by molar-refractivity contribution is 0.0335. The summed E-state index contributed by atoms with van der Waals surface area (Å²) in [6.07, 6.45) is 15.4. The first-order valence-electron chi connectivity index (χ1n) is 11.2. The summed E-state index contributed by atoms with van der Waals surface area (Å²) in [6, 6.07) is 0. The Kier molecular flexibility index (Phi) is 7.83. The molecule has 0 saturated heterocycles. The van der Waals surface area contributed by atoms with Crippen LogP contribution in [0.5, 0.6) is 0 Å². The van der Waals surface area contributed by atoms with E-state index in [9.17, 15) is 5.11 Å². The molecule has 25 heavy (non-hydrogen) atoms. The molecule has 2 fully saturated rings. The van der Waals surface area contributed by atoms with Crippen molar-refractivity contribution in [3.63, 3.8) is 0 Å². The van der Waals surface area contributed by atoms with Gasteiger partial charge in [-0.3, -0.25) is 0 Å². The van der Waals surface area contributed by atoms with E-state index in [1.807, 2.05) is 0 Å². The van der Waals surface area contributed by atoms with Gasteiger partial charge in [0.15, 0.2) is 0 Å². The minimum Gasteiger partial charge on any atom is -0.393 e. The molecule has 3 N–H and O–H groups in total. The van der Waals surface area contributed by atoms with E-state index in [1.165, 1.54) is 70.6 Å². The highest BCUT2D eigenvalue weighted by Crippen LogP contribution is 2.48. The Morgan fingerprint density at radius 2 is 1.76 bits per heavy atom. The number of aliphatic hydroxyl groups is 1. The molecule has 0 radical (unpaired) electrons. The van der Waals surface area contributed by atoms with Crippen molar-refractivity contribution in [1.82, 2.24) is 0 Å². The van der Waals surface area contributed by atoms with Gasteiger partial charge < -0.3 is 10.8 Å². The minimum absolute atomic E-state index is 0.112. The maximum Gasteiger partial charge on any atom is 0.0568 e. The standard InChI is InChI=1S/C23H45NO/c1-18(21(25)17-20-10-5-6-13-22(20,2)3)9-7-14-23(4)15-8-11-19(23)12-16-24/h18-21,25H,5-17,24H2,1-4H3/t18?,19?,20?,21-,23?/m1/s1. The van der Waals surface area contributed by atoms with Crippen molar-refractivity contribution in [2.75, 3.05) is 6.54 Å². The van der Waals surface area contributed by atoms with Crippen LogP contribution >= 0.6 is 0 Å². The van der Waals surface area contributed by atoms with Crippen molar-refractivity contribution in [2.24, 2.45) is 34.3 Å². The van der Waals surface area contributed by atoms with Gasteiger partial charge in [-0.1, -0.05) is 53.4 Å². The van der Waals surface area contributed by atoms with E-state index in [4.69, 9.17) is 5.73 Å². The quantitative estimate of drug-likeness (QED) is 0.542. The molecule has 0 spiro atoms. The number of hydrogen-bond acceptors (Lipinski definition) is 2. The Hall–Kier alpha value is -0.0800. The third-order valence-electron chi connectivity index (χ3n) is 8.12. The molecule has 2 saturated carbocycles. The Morgan fingerprint density at radius 1 is 1.04 bits per heavy atom. The minimum atomic E-state index is -0.112. The van der Waals surface area contributed by atoms with Crippen LogP contribution in [0.3, 0.4) is 0 Å². The van der Waals surface area contributed by atoms with Crippen molar-refractivity contribution in [1.29, 1.82) is 0 Å². The normalized spacial score (nSPS) is 34.8. The monoisotopic (exact) mass is 351 g/mol. The highest BCUT2D eigenvalue weighted by Gasteiger charge is 2.38. The van der Waals surface area contributed by atoms with E-state index in [-0.39, 0.29) is 6.10 Å². The lowest BCUT2D eigenvalue weighted by Crippen LogP contribution is -2.33. The number of rotatable bonds is 9. The second-order valence-corrected chi connectivity index (χ2v) is 10.4. The Bertz CT molecular complexity index is 394. The summed E-state index contributed by atoms with van der Waals surface area (Å²) in [7, 11) is 0. The third-order valence-corrected chi connectivity index (χ3v) is 8.12. The van der Waals surface area contributed by atoms with Crippen LogP contribution in [0.4, 0.5) is 0 Å². The lowest BCUT2D eigenvalue weighted by atomic mass is 9.66. The highest BCUT2D eigenvalue weighted by molar-refractivity contribution is 4.89. The maximum absolute atomic E-state index is 10.8. The van der Waals surface area contributed by atoms with Crippen molar-refractivity contribution < 1.29 is 5.11 Å². The Morgan fingerprint density at radius 3 is 2.44 bits per heavy atom. The van der Waals surface area contributed by atoms with Crippen molar-refractivity contribution in [3.05, 3.63) is 0 Å². The molecule has 2 heteroatoms. The Balaban J connectivity index is 1.75. The average molecular weight is 352 g/mol. The van der Waals surface area contributed by atoms with Gasteiger partial charge in [0.1, 0.15) is 0 Å². The van der Waals surface area contributed by atoms with Gasteiger partial charge >= 0.3 is 0 Å². The fourth-order valence-electron chi connectivity index (χ4n) is 5.88. The topological polar surface area (TPSA) is 46.2 Å². The first-order valence-corrected chi connectivity index (χ1v) is 11.2. The molecule has 0 aromatic rings. The van der Waals surface area contributed by atoms with Crippen LogP contribution in [-0.2, 0) is 0 Å². The molecule has 0 heterocycles. The van der Waals surface area contributed by atoms with Gasteiger partial charge in [-0.05, 0) is 86.5 Å². The first kappa shape index (κ1) is 21.2. The summed E-state index contributed by atoms with van der Waals surface area (Å²) >= 11 is 0. The number of nitrogens with two attached hydrogens (primary N) is 1. The van der Waals surface area contributed by atoms with Crippen molar-refractivity contribution in [3.8, 4) is 0 Å². The zero-order valence-electron chi connectivity index (χ0n) is 17.5. The molecular formula is C23H45NO. The molecule has 148 valence electrons. The van der Waals surface area contributed by atoms with Gasteiger partial charge in [0.05, 0.1) is 6.10 Å². The zero-order valence-corrected chi connectivity index (χ0v) is 17.5. The van der Waals surface area contributed by atoms with Gasteiger partial charge in [0, 0.05) is 0 Å². The largest absolute Gasteiger partial charge is 0.393 e. The third kappa shape index (κ3) is 5.70. The predicted molar refractivity (Wildman–Crippen MR) is 108 cm³/mol. The first-order chi connectivity index (χ1) is 11.8. The summed E-state index contributed by atoms with van der Waals surface area (Å²) in [4.78, 5) is 0. The summed E-state index contributed by atoms with van der Waals surface area (Å²) in [6.45, 7) is 10.4. The van der Waals surface area contributed by atoms with Crippen LogP contribution in [0.15, 0.2) is 0 Å². The highest BCUT2D eigenvalue weighted by atomic mass is 16.3. The maximum atomic E-state index is 10.8. The van der Waals surface area contributed by atoms with Gasteiger partial charge in [-0.25, -0.2) is 0 Å². The molecule has 0 aromatic heterocycles. The fraction of sp³-hybridized carbons (Fsp3) is 1.00. The van der Waals surface area contributed by atoms with E-state index in [1.54, 1.807) is 0 Å². The summed E-state index contributed by atoms with van der Waals surface area (Å²) in [5.41, 5.74) is 6.76. The summed E-state index contributed by atoms with van der Waals surface area (Å²) in [5.74, 6) is 1.98. The van der Waals surface area contributed by atoms with Crippen LogP contribution in [-0.4, -0.2) is 17.8 Å². The van der Waals surface area contributed by atoms with Gasteiger partial charge in [-0.2, -0.15) is 0 Å². The van der Waals surface area contributed by atoms with Gasteiger partial charge in [0.2, 0.25) is 0 Å². The molecular weight excluding hydrogens is 306 g/mol. The van der Waals surface area contributed by atoms with Crippen LogP contribution in [0, 0.1) is 28.6 Å². The van der Waals surface area contributed by atoms with E-state index in [0.717, 1.165) is 18.9 Å². The van der Waals surface area contributed by atoms with Crippen molar-refractivity contribution in [2.45, 2.75) is 111 Å². The number of hydrogen-bond donors (Lipinski definition) is 2. The molecule has 2 nitrogen and oxygen atoms in total. The summed E-state index contributed by atoms with van der Waals surface area (Å²) in [5, 5.41) is 10.8. The molecule has 5 atom stereocenters. The second-order valence-electron chi connectivity index (χ2n) is 10.4. The molecule has 2 rings (SSSR count). The predicted octanol–water partition coefficient (Wildman–Crippen LogP) is 5.92. The van der Waals surface area contributed by atoms with E-state index < -0.39 is 0 Å². The molecule has 4 unspecified atom stereocenters. The Labute approximate surface area is 157 Å². The van der Waals surface area contributed by atoms with Gasteiger partial charge in [-0.15, -0.1) is 0 Å². The smallest absolute Gasteiger partial charge is 0.0568 e. The van der Waals surface area contributed by atoms with E-state index in [0.29, 0.717) is 22.7 Å².